The van der Waals surface area contributed by atoms with Crippen molar-refractivity contribution in [1.82, 2.24) is 5.48 Å². The molecule has 0 aromatic heterocycles. The van der Waals surface area contributed by atoms with E-state index in [0.29, 0.717) is 5.92 Å². The van der Waals surface area contributed by atoms with Gasteiger partial charge in [0, 0.05) is 24.6 Å². The van der Waals surface area contributed by atoms with Crippen molar-refractivity contribution in [3.8, 4) is 0 Å². The van der Waals surface area contributed by atoms with Gasteiger partial charge in [0.2, 0.25) is 0 Å². The second-order valence-electron chi connectivity index (χ2n) is 2.69. The van der Waals surface area contributed by atoms with Gasteiger partial charge in [-0.3, -0.25) is 4.84 Å². The van der Waals surface area contributed by atoms with E-state index in [-0.39, 0.29) is 6.10 Å². The van der Waals surface area contributed by atoms with Crippen molar-refractivity contribution < 1.29 is 4.84 Å². The number of nitrogens with one attached hydrogen (secondary N) is 2. The Balaban J connectivity index is 2.22. The lowest BCUT2D eigenvalue weighted by molar-refractivity contribution is 0.0559. The van der Waals surface area contributed by atoms with Gasteiger partial charge in [-0.2, -0.15) is 0 Å². The van der Waals surface area contributed by atoms with E-state index in [0.717, 1.165) is 18.7 Å². The third-order valence-electron chi connectivity index (χ3n) is 2.03. The van der Waals surface area contributed by atoms with Crippen LogP contribution in [0.5, 0.6) is 0 Å². The number of hydrogen-bond acceptors (Lipinski definition) is 3. The van der Waals surface area contributed by atoms with E-state index in [9.17, 15) is 0 Å². The predicted molar refractivity (Wildman–Crippen MR) is 37.8 cm³/mol. The Morgan fingerprint density at radius 2 is 2.60 bits per heavy atom. The number of allylic oxidation sites excluding steroid dienone is 1. The summed E-state index contributed by atoms with van der Waals surface area (Å²) >= 11 is 0. The van der Waals surface area contributed by atoms with Crippen LogP contribution in [0.1, 0.15) is 6.42 Å². The minimum Gasteiger partial charge on any atom is -0.309 e. The second kappa shape index (κ2) is 2.18. The molecule has 1 heterocycles. The fourth-order valence-corrected chi connectivity index (χ4v) is 1.41. The van der Waals surface area contributed by atoms with E-state index in [2.05, 4.69) is 5.48 Å². The fraction of sp³-hybridized carbons (Fsp3) is 0.571. The molecule has 2 unspecified atom stereocenters. The van der Waals surface area contributed by atoms with Crippen LogP contribution in [0, 0.1) is 11.3 Å². The van der Waals surface area contributed by atoms with Crippen molar-refractivity contribution in [1.29, 1.82) is 5.41 Å². The zero-order chi connectivity index (χ0) is 6.97. The van der Waals surface area contributed by atoms with Crippen LogP contribution >= 0.6 is 0 Å². The minimum absolute atomic E-state index is 0.126. The lowest BCUT2D eigenvalue weighted by Gasteiger charge is -2.17. The molecular formula is C7H10N2O. The molecule has 0 amide bonds. The first-order valence-corrected chi connectivity index (χ1v) is 3.50. The highest BCUT2D eigenvalue weighted by Crippen LogP contribution is 2.21. The average Bonchev–Trinajstić information content (AvgIpc) is 2.36. The summed E-state index contributed by atoms with van der Waals surface area (Å²) in [4.78, 5) is 5.15. The van der Waals surface area contributed by atoms with E-state index in [1.54, 1.807) is 0 Å². The lowest BCUT2D eigenvalue weighted by Crippen LogP contribution is -2.26. The summed E-state index contributed by atoms with van der Waals surface area (Å²) in [5, 5.41) is 7.55. The van der Waals surface area contributed by atoms with Gasteiger partial charge < -0.3 is 5.41 Å². The molecule has 0 radical (unpaired) electrons. The lowest BCUT2D eigenvalue weighted by atomic mass is 9.91. The summed E-state index contributed by atoms with van der Waals surface area (Å²) in [7, 11) is 0. The minimum atomic E-state index is 0.126. The molecule has 1 fully saturated rings. The van der Waals surface area contributed by atoms with Crippen LogP contribution in [0.3, 0.4) is 0 Å². The Kier molecular flexibility index (Phi) is 1.32. The van der Waals surface area contributed by atoms with Gasteiger partial charge in [0.25, 0.3) is 0 Å². The Hall–Kier alpha value is -0.670. The quantitative estimate of drug-likeness (QED) is 0.478. The first kappa shape index (κ1) is 6.07. The summed E-state index contributed by atoms with van der Waals surface area (Å²) < 4.78 is 0. The molecule has 2 N–H and O–H groups in total. The van der Waals surface area contributed by atoms with Crippen molar-refractivity contribution in [2.45, 2.75) is 12.5 Å². The molecule has 2 atom stereocenters. The average molecular weight is 138 g/mol. The normalized spacial score (nSPS) is 38.2. The third kappa shape index (κ3) is 0.786. The maximum Gasteiger partial charge on any atom is 0.106 e. The molecule has 1 aliphatic heterocycles. The van der Waals surface area contributed by atoms with Gasteiger partial charge in [-0.25, -0.2) is 5.48 Å². The van der Waals surface area contributed by atoms with E-state index >= 15 is 0 Å². The molecular weight excluding hydrogens is 128 g/mol. The van der Waals surface area contributed by atoms with Crippen LogP contribution < -0.4 is 5.48 Å². The zero-order valence-electron chi connectivity index (χ0n) is 5.63. The summed E-state index contributed by atoms with van der Waals surface area (Å²) in [6.07, 6.45) is 4.95. The van der Waals surface area contributed by atoms with Crippen molar-refractivity contribution in [3.05, 3.63) is 12.2 Å². The molecule has 3 heteroatoms. The van der Waals surface area contributed by atoms with Gasteiger partial charge in [-0.05, 0) is 0 Å². The summed E-state index contributed by atoms with van der Waals surface area (Å²) in [6, 6.07) is 0. The molecule has 0 spiro atoms. The van der Waals surface area contributed by atoms with E-state index < -0.39 is 0 Å². The molecule has 3 nitrogen and oxygen atoms in total. The largest absolute Gasteiger partial charge is 0.309 e. The van der Waals surface area contributed by atoms with E-state index in [1.807, 2.05) is 12.2 Å². The number of hydrogen-bond donors (Lipinski definition) is 2. The van der Waals surface area contributed by atoms with Crippen LogP contribution in [0.25, 0.3) is 0 Å². The second-order valence-corrected chi connectivity index (χ2v) is 2.69. The predicted octanol–water partition coefficient (Wildman–Crippen LogP) is 0.486. The molecule has 1 aliphatic carbocycles. The maximum absolute atomic E-state index is 7.55. The smallest absolute Gasteiger partial charge is 0.106 e. The standard InChI is InChI=1S/C7H10N2O/c8-6-2-1-3-7-5(6)4-9-10-7/h1,3,5,7-9H,2,4H2. The fourth-order valence-electron chi connectivity index (χ4n) is 1.41. The van der Waals surface area contributed by atoms with Crippen LogP contribution in [0.2, 0.25) is 0 Å². The van der Waals surface area contributed by atoms with Crippen molar-refractivity contribution in [2.24, 2.45) is 5.92 Å². The Morgan fingerprint density at radius 1 is 1.70 bits per heavy atom. The highest BCUT2D eigenvalue weighted by Gasteiger charge is 2.31. The SMILES string of the molecule is N=C1CC=CC2ONCC12. The Bertz CT molecular complexity index is 188. The molecule has 54 valence electrons. The molecule has 1 saturated heterocycles. The molecule has 0 aromatic rings. The number of rotatable bonds is 0. The molecule has 0 bridgehead atoms. The molecule has 0 saturated carbocycles. The third-order valence-corrected chi connectivity index (χ3v) is 2.03. The zero-order valence-corrected chi connectivity index (χ0v) is 5.63. The number of fused-ring (bicyclic) bond motifs is 1. The van der Waals surface area contributed by atoms with Crippen LogP contribution in [0.15, 0.2) is 12.2 Å². The van der Waals surface area contributed by atoms with E-state index in [4.69, 9.17) is 10.2 Å². The highest BCUT2D eigenvalue weighted by atomic mass is 16.7. The Labute approximate surface area is 59.5 Å². The van der Waals surface area contributed by atoms with Crippen molar-refractivity contribution in [3.63, 3.8) is 0 Å². The summed E-state index contributed by atoms with van der Waals surface area (Å²) in [5.41, 5.74) is 3.59. The van der Waals surface area contributed by atoms with Crippen LogP contribution in [-0.4, -0.2) is 18.4 Å². The Morgan fingerprint density at radius 3 is 3.40 bits per heavy atom. The molecule has 2 aliphatic rings. The number of hydroxylamine groups is 1. The van der Waals surface area contributed by atoms with Gasteiger partial charge in [-0.1, -0.05) is 12.2 Å². The van der Waals surface area contributed by atoms with Crippen LogP contribution in [0.4, 0.5) is 0 Å². The monoisotopic (exact) mass is 138 g/mol. The van der Waals surface area contributed by atoms with Gasteiger partial charge in [-0.15, -0.1) is 0 Å². The van der Waals surface area contributed by atoms with Gasteiger partial charge in [0.05, 0.1) is 0 Å². The van der Waals surface area contributed by atoms with Crippen molar-refractivity contribution >= 4 is 5.71 Å². The van der Waals surface area contributed by atoms with E-state index in [1.165, 1.54) is 0 Å². The topological polar surface area (TPSA) is 45.1 Å². The first-order valence-electron chi connectivity index (χ1n) is 3.50. The van der Waals surface area contributed by atoms with Crippen molar-refractivity contribution in [2.75, 3.05) is 6.54 Å². The summed E-state index contributed by atoms with van der Waals surface area (Å²) in [6.45, 7) is 0.799. The van der Waals surface area contributed by atoms with Gasteiger partial charge >= 0.3 is 0 Å². The van der Waals surface area contributed by atoms with Gasteiger partial charge in [0.1, 0.15) is 6.10 Å². The maximum atomic E-state index is 7.55. The summed E-state index contributed by atoms with van der Waals surface area (Å²) in [5.74, 6) is 0.296. The molecule has 10 heavy (non-hydrogen) atoms. The van der Waals surface area contributed by atoms with Gasteiger partial charge in [0.15, 0.2) is 0 Å². The van der Waals surface area contributed by atoms with Crippen LogP contribution in [-0.2, 0) is 4.84 Å². The first-order chi connectivity index (χ1) is 4.88. The molecule has 2 rings (SSSR count). The highest BCUT2D eigenvalue weighted by molar-refractivity contribution is 5.87. The molecule has 0 aromatic carbocycles.